The second kappa shape index (κ2) is 5.76. The summed E-state index contributed by atoms with van der Waals surface area (Å²) in [6, 6.07) is 14.9. The number of carbonyl (C=O) groups excluding carboxylic acids is 1. The predicted octanol–water partition coefficient (Wildman–Crippen LogP) is 4.82. The van der Waals surface area contributed by atoms with Gasteiger partial charge in [-0.2, -0.15) is 0 Å². The molecule has 0 aliphatic carbocycles. The Balaban J connectivity index is 1.87. The van der Waals surface area contributed by atoms with Gasteiger partial charge in [-0.05, 0) is 30.3 Å². The van der Waals surface area contributed by atoms with Crippen LogP contribution in [-0.2, 0) is 0 Å². The number of nitrogens with one attached hydrogen (secondary N) is 1. The molecule has 21 heavy (non-hydrogen) atoms. The Kier molecular flexibility index (Phi) is 3.82. The smallest absolute Gasteiger partial charge is 0.267 e. The van der Waals surface area contributed by atoms with Crippen LogP contribution in [0.4, 0.5) is 5.69 Å². The first-order valence-corrected chi connectivity index (χ1v) is 7.51. The minimum absolute atomic E-state index is 0.202. The van der Waals surface area contributed by atoms with Gasteiger partial charge < -0.3 is 10.1 Å². The van der Waals surface area contributed by atoms with Gasteiger partial charge in [-0.25, -0.2) is 0 Å². The molecule has 0 bridgehead atoms. The van der Waals surface area contributed by atoms with E-state index in [0.29, 0.717) is 15.6 Å². The van der Waals surface area contributed by atoms with E-state index < -0.39 is 0 Å². The van der Waals surface area contributed by atoms with E-state index in [0.717, 1.165) is 15.8 Å². The van der Waals surface area contributed by atoms with Crippen molar-refractivity contribution >= 4 is 44.6 Å². The van der Waals surface area contributed by atoms with E-state index in [1.54, 1.807) is 31.4 Å². The molecular formula is C16H12ClNO2S. The van der Waals surface area contributed by atoms with Crippen LogP contribution in [0, 0.1) is 0 Å². The van der Waals surface area contributed by atoms with Crippen molar-refractivity contribution in [1.82, 2.24) is 0 Å². The Labute approximate surface area is 131 Å². The third kappa shape index (κ3) is 2.73. The molecule has 3 rings (SSSR count). The Bertz CT molecular complexity index is 796. The number of amides is 1. The molecule has 5 heteroatoms. The molecule has 0 aliphatic rings. The molecule has 0 saturated carbocycles. The maximum atomic E-state index is 12.3. The molecule has 0 fully saturated rings. The summed E-state index contributed by atoms with van der Waals surface area (Å²) in [5, 5.41) is 4.25. The molecule has 3 aromatic rings. The van der Waals surface area contributed by atoms with E-state index in [4.69, 9.17) is 16.3 Å². The van der Waals surface area contributed by atoms with Crippen LogP contribution < -0.4 is 10.1 Å². The predicted molar refractivity (Wildman–Crippen MR) is 87.8 cm³/mol. The standard InChI is InChI=1S/C16H12ClNO2S/c1-20-11-8-6-10(7-9-11)18-16(19)15-14(17)12-4-2-3-5-13(12)21-15/h2-9H,1H3,(H,18,19). The van der Waals surface area contributed by atoms with Gasteiger partial charge in [0.2, 0.25) is 0 Å². The molecule has 106 valence electrons. The monoisotopic (exact) mass is 317 g/mol. The van der Waals surface area contributed by atoms with Crippen molar-refractivity contribution < 1.29 is 9.53 Å². The third-order valence-corrected chi connectivity index (χ3v) is 4.76. The number of ether oxygens (including phenoxy) is 1. The van der Waals surface area contributed by atoms with Gasteiger partial charge in [0.25, 0.3) is 5.91 Å². The van der Waals surface area contributed by atoms with Crippen LogP contribution in [-0.4, -0.2) is 13.0 Å². The molecule has 2 aromatic carbocycles. The van der Waals surface area contributed by atoms with E-state index in [9.17, 15) is 4.79 Å². The van der Waals surface area contributed by atoms with Gasteiger partial charge in [-0.1, -0.05) is 29.8 Å². The first-order chi connectivity index (χ1) is 10.2. The molecular weight excluding hydrogens is 306 g/mol. The van der Waals surface area contributed by atoms with Crippen LogP contribution in [0.5, 0.6) is 5.75 Å². The summed E-state index contributed by atoms with van der Waals surface area (Å²) in [6.45, 7) is 0. The molecule has 0 aliphatic heterocycles. The van der Waals surface area contributed by atoms with Gasteiger partial charge in [0.15, 0.2) is 0 Å². The average molecular weight is 318 g/mol. The van der Waals surface area contributed by atoms with Crippen LogP contribution in [0.3, 0.4) is 0 Å². The highest BCUT2D eigenvalue weighted by Crippen LogP contribution is 2.35. The number of carbonyl (C=O) groups is 1. The number of anilines is 1. The number of fused-ring (bicyclic) bond motifs is 1. The average Bonchev–Trinajstić information content (AvgIpc) is 2.86. The summed E-state index contributed by atoms with van der Waals surface area (Å²) in [5.74, 6) is 0.541. The van der Waals surface area contributed by atoms with Crippen LogP contribution in [0.15, 0.2) is 48.5 Å². The molecule has 1 heterocycles. The Morgan fingerprint density at radius 1 is 1.14 bits per heavy atom. The quantitative estimate of drug-likeness (QED) is 0.752. The van der Waals surface area contributed by atoms with E-state index in [1.807, 2.05) is 24.3 Å². The maximum Gasteiger partial charge on any atom is 0.267 e. The van der Waals surface area contributed by atoms with Crippen LogP contribution in [0.1, 0.15) is 9.67 Å². The molecule has 1 amide bonds. The molecule has 1 aromatic heterocycles. The Morgan fingerprint density at radius 3 is 2.52 bits per heavy atom. The second-order valence-electron chi connectivity index (χ2n) is 4.42. The van der Waals surface area contributed by atoms with Crippen LogP contribution in [0.2, 0.25) is 5.02 Å². The Hall–Kier alpha value is -2.04. The fourth-order valence-corrected chi connectivity index (χ4v) is 3.43. The SMILES string of the molecule is COc1ccc(NC(=O)c2sc3ccccc3c2Cl)cc1. The zero-order valence-corrected chi connectivity index (χ0v) is 12.8. The minimum Gasteiger partial charge on any atom is -0.497 e. The van der Waals surface area contributed by atoms with Crippen molar-refractivity contribution in [2.24, 2.45) is 0 Å². The molecule has 0 saturated heterocycles. The van der Waals surface area contributed by atoms with Crippen molar-refractivity contribution in [2.45, 2.75) is 0 Å². The summed E-state index contributed by atoms with van der Waals surface area (Å²) >= 11 is 7.69. The Morgan fingerprint density at radius 2 is 1.86 bits per heavy atom. The van der Waals surface area contributed by atoms with E-state index in [1.165, 1.54) is 11.3 Å². The summed E-state index contributed by atoms with van der Waals surface area (Å²) < 4.78 is 6.09. The lowest BCUT2D eigenvalue weighted by Crippen LogP contribution is -2.10. The number of halogens is 1. The fourth-order valence-electron chi connectivity index (χ4n) is 2.02. The first-order valence-electron chi connectivity index (χ1n) is 6.31. The number of hydrogen-bond donors (Lipinski definition) is 1. The zero-order chi connectivity index (χ0) is 14.8. The number of hydrogen-bond acceptors (Lipinski definition) is 3. The number of thiophene rings is 1. The lowest BCUT2D eigenvalue weighted by molar-refractivity contribution is 0.103. The van der Waals surface area contributed by atoms with Crippen molar-refractivity contribution in [3.05, 3.63) is 58.4 Å². The third-order valence-electron chi connectivity index (χ3n) is 3.09. The lowest BCUT2D eigenvalue weighted by Gasteiger charge is -2.05. The molecule has 0 radical (unpaired) electrons. The minimum atomic E-state index is -0.202. The van der Waals surface area contributed by atoms with Gasteiger partial charge in [-0.15, -0.1) is 11.3 Å². The fraction of sp³-hybridized carbons (Fsp3) is 0.0625. The molecule has 0 spiro atoms. The van der Waals surface area contributed by atoms with E-state index in [2.05, 4.69) is 5.32 Å². The molecule has 0 atom stereocenters. The number of rotatable bonds is 3. The highest BCUT2D eigenvalue weighted by molar-refractivity contribution is 7.21. The highest BCUT2D eigenvalue weighted by Gasteiger charge is 2.16. The summed E-state index contributed by atoms with van der Waals surface area (Å²) in [5.41, 5.74) is 0.703. The first kappa shape index (κ1) is 13.9. The van der Waals surface area contributed by atoms with Crippen molar-refractivity contribution in [3.63, 3.8) is 0 Å². The van der Waals surface area contributed by atoms with Crippen molar-refractivity contribution in [3.8, 4) is 5.75 Å². The lowest BCUT2D eigenvalue weighted by atomic mass is 10.2. The summed E-state index contributed by atoms with van der Waals surface area (Å²) in [4.78, 5) is 12.9. The number of methoxy groups -OCH3 is 1. The largest absolute Gasteiger partial charge is 0.497 e. The molecule has 0 unspecified atom stereocenters. The van der Waals surface area contributed by atoms with Crippen molar-refractivity contribution in [2.75, 3.05) is 12.4 Å². The van der Waals surface area contributed by atoms with Gasteiger partial charge in [0.1, 0.15) is 10.6 Å². The topological polar surface area (TPSA) is 38.3 Å². The van der Waals surface area contributed by atoms with Gasteiger partial charge >= 0.3 is 0 Å². The maximum absolute atomic E-state index is 12.3. The normalized spacial score (nSPS) is 10.6. The van der Waals surface area contributed by atoms with Gasteiger partial charge in [-0.3, -0.25) is 4.79 Å². The summed E-state index contributed by atoms with van der Waals surface area (Å²) in [7, 11) is 1.60. The number of benzene rings is 2. The van der Waals surface area contributed by atoms with Crippen LogP contribution >= 0.6 is 22.9 Å². The molecule has 1 N–H and O–H groups in total. The highest BCUT2D eigenvalue weighted by atomic mass is 35.5. The zero-order valence-electron chi connectivity index (χ0n) is 11.2. The summed E-state index contributed by atoms with van der Waals surface area (Å²) in [6.07, 6.45) is 0. The van der Waals surface area contributed by atoms with Gasteiger partial charge in [0, 0.05) is 15.8 Å². The van der Waals surface area contributed by atoms with E-state index >= 15 is 0 Å². The van der Waals surface area contributed by atoms with Crippen molar-refractivity contribution in [1.29, 1.82) is 0 Å². The second-order valence-corrected chi connectivity index (χ2v) is 5.85. The van der Waals surface area contributed by atoms with E-state index in [-0.39, 0.29) is 5.91 Å². The molecule has 3 nitrogen and oxygen atoms in total. The van der Waals surface area contributed by atoms with Gasteiger partial charge in [0.05, 0.1) is 12.1 Å². The van der Waals surface area contributed by atoms with Crippen LogP contribution in [0.25, 0.3) is 10.1 Å².